The second-order valence-corrected chi connectivity index (χ2v) is 5.90. The number of hydrogen-bond acceptors (Lipinski definition) is 1. The van der Waals surface area contributed by atoms with Crippen LogP contribution in [0.4, 0.5) is 0 Å². The fourth-order valence-electron chi connectivity index (χ4n) is 2.33. The molecule has 0 amide bonds. The van der Waals surface area contributed by atoms with E-state index in [-0.39, 0.29) is 0 Å². The highest BCUT2D eigenvalue weighted by Crippen LogP contribution is 2.29. The summed E-state index contributed by atoms with van der Waals surface area (Å²) in [4.78, 5) is 11.6. The summed E-state index contributed by atoms with van der Waals surface area (Å²) in [7, 11) is 0. The molecule has 3 heteroatoms. The van der Waals surface area contributed by atoms with Crippen LogP contribution in [0.2, 0.25) is 0 Å². The van der Waals surface area contributed by atoms with Gasteiger partial charge in [-0.2, -0.15) is 0 Å². The first-order valence-electron chi connectivity index (χ1n) is 6.52. The molecule has 0 saturated heterocycles. The molecule has 0 saturated carbocycles. The van der Waals surface area contributed by atoms with Crippen LogP contribution in [0.3, 0.4) is 0 Å². The van der Waals surface area contributed by atoms with Crippen LogP contribution in [0.25, 0.3) is 0 Å². The lowest BCUT2D eigenvalue weighted by atomic mass is 9.89. The van der Waals surface area contributed by atoms with Crippen LogP contribution >= 0.6 is 15.9 Å². The number of carbonyl (C=O) groups is 1. The maximum absolute atomic E-state index is 11.6. The van der Waals surface area contributed by atoms with Crippen molar-refractivity contribution in [3.63, 3.8) is 0 Å². The Morgan fingerprint density at radius 3 is 2.55 bits per heavy atom. The molecule has 0 bridgehead atoms. The predicted octanol–water partition coefficient (Wildman–Crippen LogP) is 4.48. The average molecular weight is 333 g/mol. The van der Waals surface area contributed by atoms with E-state index in [1.807, 2.05) is 50.2 Å². The highest BCUT2D eigenvalue weighted by atomic mass is 79.9. The lowest BCUT2D eigenvalue weighted by molar-refractivity contribution is -0.138. The summed E-state index contributed by atoms with van der Waals surface area (Å²) in [6.45, 7) is 4.05. The summed E-state index contributed by atoms with van der Waals surface area (Å²) >= 11 is 3.45. The van der Waals surface area contributed by atoms with Crippen molar-refractivity contribution >= 4 is 21.9 Å². The van der Waals surface area contributed by atoms with E-state index in [2.05, 4.69) is 22.0 Å². The Bertz CT molecular complexity index is 635. The van der Waals surface area contributed by atoms with E-state index in [1.54, 1.807) is 0 Å². The molecular formula is C17H17BrO2. The molecule has 2 aromatic rings. The highest BCUT2D eigenvalue weighted by Gasteiger charge is 2.23. The third-order valence-corrected chi connectivity index (χ3v) is 4.23. The van der Waals surface area contributed by atoms with Crippen molar-refractivity contribution in [2.75, 3.05) is 0 Å². The number of rotatable bonds is 4. The van der Waals surface area contributed by atoms with Crippen LogP contribution in [-0.4, -0.2) is 11.1 Å². The standard InChI is InChI=1S/C17H17BrO2/c1-11-7-8-12(2)13(9-11)10-15(17(19)20)14-5-3-4-6-16(14)18/h3-9,15H,10H2,1-2H3,(H,19,20). The van der Waals surface area contributed by atoms with Crippen molar-refractivity contribution in [3.05, 3.63) is 69.2 Å². The van der Waals surface area contributed by atoms with Gasteiger partial charge in [-0.15, -0.1) is 0 Å². The number of carboxylic acids is 1. The molecule has 2 nitrogen and oxygen atoms in total. The molecule has 0 fully saturated rings. The van der Waals surface area contributed by atoms with Crippen LogP contribution in [-0.2, 0) is 11.2 Å². The van der Waals surface area contributed by atoms with Crippen LogP contribution in [0.5, 0.6) is 0 Å². The minimum Gasteiger partial charge on any atom is -0.481 e. The minimum absolute atomic E-state index is 0.505. The summed E-state index contributed by atoms with van der Waals surface area (Å²) in [6.07, 6.45) is 0.505. The van der Waals surface area contributed by atoms with Crippen LogP contribution in [0.15, 0.2) is 46.9 Å². The van der Waals surface area contributed by atoms with Gasteiger partial charge in [-0.05, 0) is 43.0 Å². The van der Waals surface area contributed by atoms with Gasteiger partial charge < -0.3 is 5.11 Å². The Labute approximate surface area is 127 Å². The second kappa shape index (κ2) is 6.23. The Hall–Kier alpha value is -1.61. The molecule has 20 heavy (non-hydrogen) atoms. The Morgan fingerprint density at radius 2 is 1.90 bits per heavy atom. The minimum atomic E-state index is -0.794. The summed E-state index contributed by atoms with van der Waals surface area (Å²) in [5.74, 6) is -1.33. The lowest BCUT2D eigenvalue weighted by Crippen LogP contribution is -2.15. The van der Waals surface area contributed by atoms with Crippen LogP contribution < -0.4 is 0 Å². The summed E-state index contributed by atoms with van der Waals surface area (Å²) in [5, 5.41) is 9.55. The van der Waals surface area contributed by atoms with E-state index < -0.39 is 11.9 Å². The normalized spacial score (nSPS) is 12.2. The van der Waals surface area contributed by atoms with Gasteiger partial charge in [-0.3, -0.25) is 4.79 Å². The zero-order chi connectivity index (χ0) is 14.7. The molecule has 2 rings (SSSR count). The maximum Gasteiger partial charge on any atom is 0.311 e. The van der Waals surface area contributed by atoms with E-state index in [0.29, 0.717) is 6.42 Å². The molecule has 0 aliphatic heterocycles. The van der Waals surface area contributed by atoms with E-state index >= 15 is 0 Å². The first kappa shape index (κ1) is 14.8. The second-order valence-electron chi connectivity index (χ2n) is 5.05. The zero-order valence-electron chi connectivity index (χ0n) is 11.6. The fourth-order valence-corrected chi connectivity index (χ4v) is 2.89. The molecule has 0 aliphatic carbocycles. The monoisotopic (exact) mass is 332 g/mol. The van der Waals surface area contributed by atoms with Crippen molar-refractivity contribution < 1.29 is 9.90 Å². The quantitative estimate of drug-likeness (QED) is 0.896. The molecule has 0 aliphatic rings. The number of carboxylic acid groups (broad SMARTS) is 1. The zero-order valence-corrected chi connectivity index (χ0v) is 13.1. The van der Waals surface area contributed by atoms with Crippen molar-refractivity contribution in [3.8, 4) is 0 Å². The van der Waals surface area contributed by atoms with Gasteiger partial charge in [0.05, 0.1) is 5.92 Å². The fraction of sp³-hybridized carbons (Fsp3) is 0.235. The van der Waals surface area contributed by atoms with E-state index in [0.717, 1.165) is 26.7 Å². The van der Waals surface area contributed by atoms with Gasteiger partial charge in [-0.25, -0.2) is 0 Å². The van der Waals surface area contributed by atoms with Crippen LogP contribution in [0, 0.1) is 13.8 Å². The molecular weight excluding hydrogens is 316 g/mol. The summed E-state index contributed by atoms with van der Waals surface area (Å²) in [5.41, 5.74) is 4.20. The third kappa shape index (κ3) is 3.28. The molecule has 0 heterocycles. The van der Waals surface area contributed by atoms with Gasteiger partial charge in [0.15, 0.2) is 0 Å². The molecule has 2 aromatic carbocycles. The SMILES string of the molecule is Cc1ccc(C)c(CC(C(=O)O)c2ccccc2Br)c1. The first-order chi connectivity index (χ1) is 9.49. The first-order valence-corrected chi connectivity index (χ1v) is 7.31. The van der Waals surface area contributed by atoms with Gasteiger partial charge in [0, 0.05) is 4.47 Å². The van der Waals surface area contributed by atoms with Crippen LogP contribution in [0.1, 0.15) is 28.2 Å². The van der Waals surface area contributed by atoms with Gasteiger partial charge in [0.1, 0.15) is 0 Å². The average Bonchev–Trinajstić information content (AvgIpc) is 2.40. The number of benzene rings is 2. The molecule has 1 N–H and O–H groups in total. The van der Waals surface area contributed by atoms with Crippen molar-refractivity contribution in [2.24, 2.45) is 0 Å². The van der Waals surface area contributed by atoms with Crippen molar-refractivity contribution in [1.29, 1.82) is 0 Å². The number of hydrogen-bond donors (Lipinski definition) is 1. The maximum atomic E-state index is 11.6. The molecule has 0 spiro atoms. The summed E-state index contributed by atoms with van der Waals surface area (Å²) < 4.78 is 0.845. The smallest absolute Gasteiger partial charge is 0.311 e. The summed E-state index contributed by atoms with van der Waals surface area (Å²) in [6, 6.07) is 13.7. The molecule has 1 unspecified atom stereocenters. The topological polar surface area (TPSA) is 37.3 Å². The number of aliphatic carboxylic acids is 1. The Balaban J connectivity index is 2.38. The van der Waals surface area contributed by atoms with E-state index in [1.165, 1.54) is 0 Å². The number of halogens is 1. The molecule has 104 valence electrons. The predicted molar refractivity (Wildman–Crippen MR) is 84.1 cm³/mol. The van der Waals surface area contributed by atoms with Gasteiger partial charge >= 0.3 is 5.97 Å². The Morgan fingerprint density at radius 1 is 1.20 bits per heavy atom. The van der Waals surface area contributed by atoms with Gasteiger partial charge in [-0.1, -0.05) is 57.9 Å². The molecule has 0 radical (unpaired) electrons. The van der Waals surface area contributed by atoms with E-state index in [9.17, 15) is 9.90 Å². The Kier molecular flexibility index (Phi) is 4.61. The molecule has 0 aromatic heterocycles. The highest BCUT2D eigenvalue weighted by molar-refractivity contribution is 9.10. The number of aryl methyl sites for hydroxylation is 2. The third-order valence-electron chi connectivity index (χ3n) is 3.51. The van der Waals surface area contributed by atoms with Crippen molar-refractivity contribution in [1.82, 2.24) is 0 Å². The van der Waals surface area contributed by atoms with Crippen molar-refractivity contribution in [2.45, 2.75) is 26.2 Å². The van der Waals surface area contributed by atoms with E-state index in [4.69, 9.17) is 0 Å². The van der Waals surface area contributed by atoms with Gasteiger partial charge in [0.2, 0.25) is 0 Å². The largest absolute Gasteiger partial charge is 0.481 e. The molecule has 1 atom stereocenters. The lowest BCUT2D eigenvalue weighted by Gasteiger charge is -2.16. The van der Waals surface area contributed by atoms with Gasteiger partial charge in [0.25, 0.3) is 0 Å².